The van der Waals surface area contributed by atoms with Crippen molar-refractivity contribution in [1.29, 1.82) is 0 Å². The smallest absolute Gasteiger partial charge is 0.293 e. The molecule has 27 heavy (non-hydrogen) atoms. The van der Waals surface area contributed by atoms with Gasteiger partial charge in [0, 0.05) is 5.56 Å². The van der Waals surface area contributed by atoms with Crippen LogP contribution in [0.1, 0.15) is 30.0 Å². The Labute approximate surface area is 152 Å². The molecule has 0 aliphatic heterocycles. The van der Waals surface area contributed by atoms with Crippen molar-refractivity contribution in [3.05, 3.63) is 63.9 Å². The second kappa shape index (κ2) is 6.11. The van der Waals surface area contributed by atoms with E-state index in [0.29, 0.717) is 5.52 Å². The van der Waals surface area contributed by atoms with Crippen LogP contribution in [0.3, 0.4) is 0 Å². The second-order valence-corrected chi connectivity index (χ2v) is 6.51. The van der Waals surface area contributed by atoms with Crippen LogP contribution in [0, 0.1) is 5.82 Å². The Morgan fingerprint density at radius 1 is 1.19 bits per heavy atom. The van der Waals surface area contributed by atoms with E-state index in [1.54, 1.807) is 22.7 Å². The molecule has 3 heterocycles. The molecule has 0 spiro atoms. The molecule has 0 saturated heterocycles. The van der Waals surface area contributed by atoms with Gasteiger partial charge in [0.2, 0.25) is 11.7 Å². The molecule has 0 N–H and O–H groups in total. The molecular weight excluding hydrogens is 351 g/mol. The van der Waals surface area contributed by atoms with E-state index in [1.807, 2.05) is 0 Å². The third-order valence-corrected chi connectivity index (χ3v) is 4.79. The summed E-state index contributed by atoms with van der Waals surface area (Å²) in [6.07, 6.45) is 5.37. The second-order valence-electron chi connectivity index (χ2n) is 6.51. The van der Waals surface area contributed by atoms with Gasteiger partial charge < -0.3 is 4.52 Å². The largest absolute Gasteiger partial charge is 0.337 e. The van der Waals surface area contributed by atoms with Gasteiger partial charge in [-0.1, -0.05) is 17.3 Å². The third-order valence-electron chi connectivity index (χ3n) is 4.79. The average molecular weight is 366 g/mol. The lowest BCUT2D eigenvalue weighted by atomic mass is 9.97. The number of hydrogen-bond acceptors (Lipinski definition) is 6. The molecule has 9 heteroatoms. The SMILES string of the molecule is O=c1c2c3c(nn2cnn1Cc1nc(-c2ccccc2F)no1)CCCC3. The van der Waals surface area contributed by atoms with Crippen molar-refractivity contribution in [2.45, 2.75) is 32.2 Å². The van der Waals surface area contributed by atoms with Crippen molar-refractivity contribution in [2.24, 2.45) is 0 Å². The standard InChI is InChI=1S/C18H15FN6O2/c19-13-7-3-1-5-11(13)17-21-15(27-23-17)9-24-18(26)16-12-6-2-4-8-14(12)22-25(16)10-20-24/h1,3,5,7,10H,2,4,6,8-9H2. The Morgan fingerprint density at radius 2 is 2.04 bits per heavy atom. The fraction of sp³-hybridized carbons (Fsp3) is 0.278. The molecule has 0 atom stereocenters. The van der Waals surface area contributed by atoms with Crippen molar-refractivity contribution < 1.29 is 8.91 Å². The first-order valence-corrected chi connectivity index (χ1v) is 8.74. The van der Waals surface area contributed by atoms with Crippen molar-refractivity contribution in [2.75, 3.05) is 0 Å². The molecule has 4 aromatic rings. The summed E-state index contributed by atoms with van der Waals surface area (Å²) < 4.78 is 21.9. The summed E-state index contributed by atoms with van der Waals surface area (Å²) in [5, 5.41) is 12.4. The molecule has 1 aromatic carbocycles. The number of rotatable bonds is 3. The van der Waals surface area contributed by atoms with Crippen molar-refractivity contribution in [3.63, 3.8) is 0 Å². The van der Waals surface area contributed by atoms with Gasteiger partial charge in [-0.25, -0.2) is 13.6 Å². The Kier molecular flexibility index (Phi) is 3.59. The lowest BCUT2D eigenvalue weighted by Gasteiger charge is -2.08. The predicted molar refractivity (Wildman–Crippen MR) is 92.7 cm³/mol. The average Bonchev–Trinajstić information content (AvgIpc) is 3.29. The van der Waals surface area contributed by atoms with E-state index in [1.165, 1.54) is 17.1 Å². The fourth-order valence-electron chi connectivity index (χ4n) is 3.48. The Balaban J connectivity index is 1.51. The van der Waals surface area contributed by atoms with E-state index in [4.69, 9.17) is 4.52 Å². The monoisotopic (exact) mass is 366 g/mol. The highest BCUT2D eigenvalue weighted by Crippen LogP contribution is 2.22. The number of aryl methyl sites for hydroxylation is 2. The molecule has 3 aromatic heterocycles. The fourth-order valence-corrected chi connectivity index (χ4v) is 3.48. The highest BCUT2D eigenvalue weighted by atomic mass is 19.1. The topological polar surface area (TPSA) is 91.1 Å². The Bertz CT molecular complexity index is 1210. The van der Waals surface area contributed by atoms with Crippen LogP contribution in [0.25, 0.3) is 16.9 Å². The van der Waals surface area contributed by atoms with Gasteiger partial charge in [-0.2, -0.15) is 15.2 Å². The van der Waals surface area contributed by atoms with Crippen molar-refractivity contribution in [3.8, 4) is 11.4 Å². The number of aromatic nitrogens is 6. The first-order chi connectivity index (χ1) is 13.2. The highest BCUT2D eigenvalue weighted by Gasteiger charge is 2.21. The van der Waals surface area contributed by atoms with Gasteiger partial charge in [0.25, 0.3) is 5.56 Å². The summed E-state index contributed by atoms with van der Waals surface area (Å²) in [6.45, 7) is 0.0107. The molecule has 0 unspecified atom stereocenters. The first-order valence-electron chi connectivity index (χ1n) is 8.74. The minimum Gasteiger partial charge on any atom is -0.337 e. The molecule has 0 saturated carbocycles. The lowest BCUT2D eigenvalue weighted by molar-refractivity contribution is 0.362. The van der Waals surface area contributed by atoms with E-state index < -0.39 is 5.82 Å². The van der Waals surface area contributed by atoms with Gasteiger partial charge in [0.1, 0.15) is 24.2 Å². The summed E-state index contributed by atoms with van der Waals surface area (Å²) in [5.41, 5.74) is 2.51. The van der Waals surface area contributed by atoms with Crippen LogP contribution in [-0.4, -0.2) is 29.5 Å². The lowest BCUT2D eigenvalue weighted by Crippen LogP contribution is -2.26. The van der Waals surface area contributed by atoms with E-state index in [2.05, 4.69) is 20.3 Å². The van der Waals surface area contributed by atoms with Gasteiger partial charge in [-0.05, 0) is 37.8 Å². The molecule has 1 aliphatic rings. The van der Waals surface area contributed by atoms with Crippen LogP contribution in [0.4, 0.5) is 4.39 Å². The Hall–Kier alpha value is -3.36. The minimum atomic E-state index is -0.438. The number of benzene rings is 1. The van der Waals surface area contributed by atoms with Crippen LogP contribution in [0.2, 0.25) is 0 Å². The van der Waals surface area contributed by atoms with Gasteiger partial charge in [-0.15, -0.1) is 0 Å². The van der Waals surface area contributed by atoms with Gasteiger partial charge >= 0.3 is 0 Å². The maximum Gasteiger partial charge on any atom is 0.293 e. The first kappa shape index (κ1) is 15.9. The number of nitrogens with zero attached hydrogens (tertiary/aromatic N) is 6. The van der Waals surface area contributed by atoms with Crippen molar-refractivity contribution >= 4 is 5.52 Å². The summed E-state index contributed by atoms with van der Waals surface area (Å²) in [6, 6.07) is 6.18. The number of fused-ring (bicyclic) bond motifs is 3. The van der Waals surface area contributed by atoms with Crippen LogP contribution in [0.15, 0.2) is 39.9 Å². The zero-order chi connectivity index (χ0) is 18.4. The molecule has 0 radical (unpaired) electrons. The van der Waals surface area contributed by atoms with Crippen molar-refractivity contribution in [1.82, 2.24) is 29.5 Å². The third kappa shape index (κ3) is 2.62. The van der Waals surface area contributed by atoms with Crippen LogP contribution < -0.4 is 5.56 Å². The maximum atomic E-state index is 13.9. The summed E-state index contributed by atoms with van der Waals surface area (Å²) >= 11 is 0. The molecule has 0 bridgehead atoms. The van der Waals surface area contributed by atoms with Gasteiger partial charge in [0.15, 0.2) is 0 Å². The summed E-state index contributed by atoms with van der Waals surface area (Å²) in [7, 11) is 0. The molecule has 0 fully saturated rings. The molecule has 136 valence electrons. The molecule has 1 aliphatic carbocycles. The summed E-state index contributed by atoms with van der Waals surface area (Å²) in [4.78, 5) is 17.1. The van der Waals surface area contributed by atoms with Gasteiger partial charge in [-0.3, -0.25) is 4.79 Å². The molecular formula is C18H15FN6O2. The van der Waals surface area contributed by atoms with E-state index >= 15 is 0 Å². The van der Waals surface area contributed by atoms with Crippen LogP contribution in [0.5, 0.6) is 0 Å². The van der Waals surface area contributed by atoms with Crippen LogP contribution >= 0.6 is 0 Å². The maximum absolute atomic E-state index is 13.9. The molecule has 0 amide bonds. The molecule has 8 nitrogen and oxygen atoms in total. The predicted octanol–water partition coefficient (Wildman–Crippen LogP) is 2.01. The minimum absolute atomic E-state index is 0.0107. The van der Waals surface area contributed by atoms with E-state index in [0.717, 1.165) is 36.9 Å². The van der Waals surface area contributed by atoms with E-state index in [9.17, 15) is 9.18 Å². The zero-order valence-electron chi connectivity index (χ0n) is 14.3. The summed E-state index contributed by atoms with van der Waals surface area (Å²) in [5.74, 6) is -0.119. The van der Waals surface area contributed by atoms with Gasteiger partial charge in [0.05, 0.1) is 11.3 Å². The number of halogens is 1. The van der Waals surface area contributed by atoms with E-state index in [-0.39, 0.29) is 29.4 Å². The Morgan fingerprint density at radius 3 is 2.93 bits per heavy atom. The zero-order valence-corrected chi connectivity index (χ0v) is 14.3. The molecule has 5 rings (SSSR count). The highest BCUT2D eigenvalue weighted by molar-refractivity contribution is 5.56. The normalized spacial score (nSPS) is 13.8. The number of hydrogen-bond donors (Lipinski definition) is 0. The quantitative estimate of drug-likeness (QED) is 0.551. The van der Waals surface area contributed by atoms with Crippen LogP contribution in [-0.2, 0) is 19.4 Å².